The fourth-order valence-electron chi connectivity index (χ4n) is 2.65. The van der Waals surface area contributed by atoms with Gasteiger partial charge in [0.2, 0.25) is 11.2 Å². The summed E-state index contributed by atoms with van der Waals surface area (Å²) in [5.41, 5.74) is 0.622. The monoisotopic (exact) mass is 282 g/mol. The lowest BCUT2D eigenvalue weighted by Gasteiger charge is -2.29. The Labute approximate surface area is 116 Å². The Balaban J connectivity index is 2.07. The predicted octanol–water partition coefficient (Wildman–Crippen LogP) is 1.31. The van der Waals surface area contributed by atoms with Crippen molar-refractivity contribution >= 4 is 29.0 Å². The summed E-state index contributed by atoms with van der Waals surface area (Å²) in [6, 6.07) is 0.0205. The Kier molecular flexibility index (Phi) is 3.28. The number of halogens is 1. The lowest BCUT2D eigenvalue weighted by molar-refractivity contribution is -0.120. The third-order valence-electron chi connectivity index (χ3n) is 3.52. The minimum Gasteiger partial charge on any atom is -0.378 e. The van der Waals surface area contributed by atoms with Crippen LogP contribution in [0.1, 0.15) is 13.3 Å². The van der Waals surface area contributed by atoms with Gasteiger partial charge in [-0.25, -0.2) is 4.98 Å². The molecule has 0 saturated carbocycles. The van der Waals surface area contributed by atoms with Gasteiger partial charge in [0.15, 0.2) is 5.82 Å². The molecule has 2 atom stereocenters. The first-order valence-corrected chi connectivity index (χ1v) is 6.76. The molecule has 3 heterocycles. The minimum absolute atomic E-state index is 0.0205. The van der Waals surface area contributed by atoms with Crippen molar-refractivity contribution in [3.05, 3.63) is 11.5 Å². The molecule has 102 valence electrons. The normalized spacial score (nSPS) is 25.6. The van der Waals surface area contributed by atoms with Crippen molar-refractivity contribution in [3.63, 3.8) is 0 Å². The van der Waals surface area contributed by atoms with Crippen LogP contribution in [0.4, 0.5) is 11.5 Å². The fraction of sp³-hybridized carbons (Fsp3) is 0.583. The highest BCUT2D eigenvalue weighted by atomic mass is 35.5. The highest BCUT2D eigenvalue weighted by Gasteiger charge is 2.41. The van der Waals surface area contributed by atoms with E-state index < -0.39 is 0 Å². The summed E-state index contributed by atoms with van der Waals surface area (Å²) in [4.78, 5) is 22.5. The fourth-order valence-corrected chi connectivity index (χ4v) is 2.78. The van der Waals surface area contributed by atoms with Crippen molar-refractivity contribution < 1.29 is 9.53 Å². The second kappa shape index (κ2) is 4.94. The molecular formula is C12H15ClN4O2. The topological polar surface area (TPSA) is 67.4 Å². The van der Waals surface area contributed by atoms with E-state index in [1.807, 2.05) is 0 Å². The van der Waals surface area contributed by atoms with Gasteiger partial charge in [0.05, 0.1) is 31.4 Å². The van der Waals surface area contributed by atoms with Crippen LogP contribution in [-0.2, 0) is 9.53 Å². The number of nitrogens with one attached hydrogen (secondary N) is 1. The molecule has 3 rings (SSSR count). The Morgan fingerprint density at radius 1 is 1.58 bits per heavy atom. The third-order valence-corrected chi connectivity index (χ3v) is 3.70. The molecule has 1 fully saturated rings. The summed E-state index contributed by atoms with van der Waals surface area (Å²) >= 11 is 5.88. The number of carbonyl (C=O) groups is 1. The molecule has 1 amide bonds. The molecule has 2 aliphatic heterocycles. The number of nitrogens with zero attached hydrogens (tertiary/aromatic N) is 3. The van der Waals surface area contributed by atoms with Crippen molar-refractivity contribution in [3.8, 4) is 0 Å². The highest BCUT2D eigenvalue weighted by molar-refractivity contribution is 6.28. The van der Waals surface area contributed by atoms with Gasteiger partial charge in [0.25, 0.3) is 0 Å². The molecule has 1 aromatic heterocycles. The van der Waals surface area contributed by atoms with E-state index in [-0.39, 0.29) is 23.2 Å². The summed E-state index contributed by atoms with van der Waals surface area (Å²) in [6.07, 6.45) is 2.52. The average Bonchev–Trinajstić information content (AvgIpc) is 2.83. The van der Waals surface area contributed by atoms with E-state index in [9.17, 15) is 4.79 Å². The van der Waals surface area contributed by atoms with Crippen LogP contribution in [0.5, 0.6) is 0 Å². The second-order valence-corrected chi connectivity index (χ2v) is 5.11. The molecule has 2 aliphatic rings. The van der Waals surface area contributed by atoms with Gasteiger partial charge in [-0.2, -0.15) is 4.98 Å². The maximum Gasteiger partial charge on any atom is 0.232 e. The molecule has 0 bridgehead atoms. The van der Waals surface area contributed by atoms with Crippen LogP contribution >= 0.6 is 11.6 Å². The number of carbonyl (C=O) groups excluding carboxylic acids is 1. The van der Waals surface area contributed by atoms with Gasteiger partial charge in [-0.1, -0.05) is 6.92 Å². The van der Waals surface area contributed by atoms with Crippen molar-refractivity contribution in [2.24, 2.45) is 5.92 Å². The maximum atomic E-state index is 12.2. The molecule has 0 aromatic carbocycles. The van der Waals surface area contributed by atoms with Crippen molar-refractivity contribution in [2.75, 3.05) is 30.0 Å². The standard InChI is InChI=1S/C12H15ClN4O2/c1-2-3-17-9-6-19-5-7(9)11(18)15-8-4-14-12(13)16-10(8)17/h4,7,9H,2-3,5-6H2,1H3,(H,15,18). The SMILES string of the molecule is CCCN1c2nc(Cl)ncc2NC(=O)C2COCC21. The van der Waals surface area contributed by atoms with Crippen LogP contribution in [0.2, 0.25) is 5.28 Å². The minimum atomic E-state index is -0.167. The summed E-state index contributed by atoms with van der Waals surface area (Å²) < 4.78 is 5.46. The van der Waals surface area contributed by atoms with E-state index in [1.54, 1.807) is 6.20 Å². The van der Waals surface area contributed by atoms with Gasteiger partial charge in [-0.05, 0) is 18.0 Å². The lowest BCUT2D eigenvalue weighted by Crippen LogP contribution is -2.43. The van der Waals surface area contributed by atoms with Gasteiger partial charge < -0.3 is 15.0 Å². The lowest BCUT2D eigenvalue weighted by atomic mass is 10.0. The molecule has 0 radical (unpaired) electrons. The summed E-state index contributed by atoms with van der Waals surface area (Å²) in [5, 5.41) is 3.05. The van der Waals surface area contributed by atoms with Crippen LogP contribution in [0, 0.1) is 5.92 Å². The zero-order chi connectivity index (χ0) is 13.4. The van der Waals surface area contributed by atoms with Gasteiger partial charge in [-0.3, -0.25) is 4.79 Å². The van der Waals surface area contributed by atoms with E-state index >= 15 is 0 Å². The second-order valence-electron chi connectivity index (χ2n) is 4.77. The van der Waals surface area contributed by atoms with E-state index in [2.05, 4.69) is 27.1 Å². The van der Waals surface area contributed by atoms with Crippen molar-refractivity contribution in [1.29, 1.82) is 0 Å². The van der Waals surface area contributed by atoms with Crippen LogP contribution in [0.3, 0.4) is 0 Å². The number of hydrogen-bond donors (Lipinski definition) is 1. The molecule has 2 unspecified atom stereocenters. The van der Waals surface area contributed by atoms with E-state index in [0.29, 0.717) is 24.7 Å². The summed E-state index contributed by atoms with van der Waals surface area (Å²) in [7, 11) is 0. The first-order valence-electron chi connectivity index (χ1n) is 6.38. The average molecular weight is 283 g/mol. The number of ether oxygens (including phenoxy) is 1. The molecule has 0 aliphatic carbocycles. The zero-order valence-electron chi connectivity index (χ0n) is 10.6. The zero-order valence-corrected chi connectivity index (χ0v) is 11.4. The van der Waals surface area contributed by atoms with Gasteiger partial charge >= 0.3 is 0 Å². The Hall–Kier alpha value is -1.40. The van der Waals surface area contributed by atoms with Crippen LogP contribution in [0.15, 0.2) is 6.20 Å². The van der Waals surface area contributed by atoms with E-state index in [1.165, 1.54) is 0 Å². The van der Waals surface area contributed by atoms with Crippen molar-refractivity contribution in [2.45, 2.75) is 19.4 Å². The van der Waals surface area contributed by atoms with Gasteiger partial charge in [0.1, 0.15) is 5.69 Å². The largest absolute Gasteiger partial charge is 0.378 e. The molecule has 1 N–H and O–H groups in total. The van der Waals surface area contributed by atoms with E-state index in [4.69, 9.17) is 16.3 Å². The summed E-state index contributed by atoms with van der Waals surface area (Å²) in [5.74, 6) is 0.487. The molecule has 0 spiro atoms. The first kappa shape index (κ1) is 12.6. The number of rotatable bonds is 2. The molecular weight excluding hydrogens is 268 g/mol. The quantitative estimate of drug-likeness (QED) is 0.829. The van der Waals surface area contributed by atoms with E-state index in [0.717, 1.165) is 13.0 Å². The Morgan fingerprint density at radius 2 is 2.42 bits per heavy atom. The maximum absolute atomic E-state index is 12.2. The van der Waals surface area contributed by atoms with Crippen molar-refractivity contribution in [1.82, 2.24) is 9.97 Å². The molecule has 19 heavy (non-hydrogen) atoms. The number of aromatic nitrogens is 2. The molecule has 1 aromatic rings. The number of amides is 1. The third kappa shape index (κ3) is 2.15. The highest BCUT2D eigenvalue weighted by Crippen LogP contribution is 2.34. The summed E-state index contributed by atoms with van der Waals surface area (Å²) in [6.45, 7) is 3.89. The number of hydrogen-bond acceptors (Lipinski definition) is 5. The number of anilines is 2. The predicted molar refractivity (Wildman–Crippen MR) is 71.4 cm³/mol. The molecule has 7 heteroatoms. The van der Waals surface area contributed by atoms with Gasteiger partial charge in [-0.15, -0.1) is 0 Å². The van der Waals surface area contributed by atoms with Crippen LogP contribution in [0.25, 0.3) is 0 Å². The smallest absolute Gasteiger partial charge is 0.232 e. The first-order chi connectivity index (χ1) is 9.20. The Morgan fingerprint density at radius 3 is 3.21 bits per heavy atom. The molecule has 1 saturated heterocycles. The van der Waals surface area contributed by atoms with Crippen LogP contribution in [-0.4, -0.2) is 41.7 Å². The van der Waals surface area contributed by atoms with Gasteiger partial charge in [0, 0.05) is 6.54 Å². The number of fused-ring (bicyclic) bond motifs is 2. The molecule has 6 nitrogen and oxygen atoms in total. The Bertz CT molecular complexity index is 511. The van der Waals surface area contributed by atoms with Crippen LogP contribution < -0.4 is 10.2 Å².